The van der Waals surface area contributed by atoms with Crippen molar-refractivity contribution in [1.29, 1.82) is 0 Å². The lowest BCUT2D eigenvalue weighted by atomic mass is 9.96. The second-order valence-corrected chi connectivity index (χ2v) is 5.26. The molecule has 0 aromatic heterocycles. The van der Waals surface area contributed by atoms with Gasteiger partial charge in [0.15, 0.2) is 0 Å². The zero-order chi connectivity index (χ0) is 15.2. The molecular formula is C16H22N2O3. The number of hydrogen-bond donors (Lipinski definition) is 1. The average Bonchev–Trinajstić information content (AvgIpc) is 2.54. The fourth-order valence-corrected chi connectivity index (χ4v) is 2.63. The third-order valence-electron chi connectivity index (χ3n) is 3.78. The van der Waals surface area contributed by atoms with E-state index in [4.69, 9.17) is 10.5 Å². The number of carbonyl (C=O) groups excluding carboxylic acids is 2. The molecule has 1 fully saturated rings. The predicted molar refractivity (Wildman–Crippen MR) is 79.3 cm³/mol. The molecule has 0 spiro atoms. The van der Waals surface area contributed by atoms with Crippen LogP contribution < -0.4 is 5.73 Å². The number of carbonyl (C=O) groups is 2. The van der Waals surface area contributed by atoms with E-state index in [1.54, 1.807) is 11.8 Å². The van der Waals surface area contributed by atoms with E-state index in [2.05, 4.69) is 0 Å². The van der Waals surface area contributed by atoms with Crippen LogP contribution in [0.25, 0.3) is 0 Å². The Morgan fingerprint density at radius 2 is 2.10 bits per heavy atom. The van der Waals surface area contributed by atoms with Crippen molar-refractivity contribution in [3.8, 4) is 0 Å². The Morgan fingerprint density at radius 1 is 1.38 bits per heavy atom. The Hall–Kier alpha value is -1.88. The monoisotopic (exact) mass is 290 g/mol. The van der Waals surface area contributed by atoms with Crippen LogP contribution >= 0.6 is 0 Å². The standard InChI is InChI=1S/C16H22N2O3/c1-2-21-16(20)13-9-6-10-18(11-13)15(19)14(17)12-7-4-3-5-8-12/h3-5,7-8,13-14H,2,6,9-11,17H2,1H3. The first kappa shape index (κ1) is 15.5. The van der Waals surface area contributed by atoms with Crippen molar-refractivity contribution in [3.05, 3.63) is 35.9 Å². The molecule has 0 aliphatic carbocycles. The maximum absolute atomic E-state index is 12.5. The van der Waals surface area contributed by atoms with Crippen LogP contribution in [0.5, 0.6) is 0 Å². The molecule has 0 radical (unpaired) electrons. The summed E-state index contributed by atoms with van der Waals surface area (Å²) in [5.74, 6) is -0.580. The maximum Gasteiger partial charge on any atom is 0.310 e. The van der Waals surface area contributed by atoms with Gasteiger partial charge in [0.05, 0.1) is 12.5 Å². The van der Waals surface area contributed by atoms with Gasteiger partial charge in [0.2, 0.25) is 5.91 Å². The van der Waals surface area contributed by atoms with Gasteiger partial charge in [-0.15, -0.1) is 0 Å². The number of piperidine rings is 1. The summed E-state index contributed by atoms with van der Waals surface area (Å²) in [4.78, 5) is 26.0. The lowest BCUT2D eigenvalue weighted by molar-refractivity contribution is -0.151. The van der Waals surface area contributed by atoms with Gasteiger partial charge in [-0.05, 0) is 25.3 Å². The molecule has 0 bridgehead atoms. The van der Waals surface area contributed by atoms with Crippen molar-refractivity contribution in [1.82, 2.24) is 4.90 Å². The maximum atomic E-state index is 12.5. The molecule has 1 aliphatic rings. The molecule has 1 heterocycles. The van der Waals surface area contributed by atoms with Crippen LogP contribution in [0.4, 0.5) is 0 Å². The summed E-state index contributed by atoms with van der Waals surface area (Å²) >= 11 is 0. The normalized spacial score (nSPS) is 19.9. The number of hydrogen-bond acceptors (Lipinski definition) is 4. The SMILES string of the molecule is CCOC(=O)C1CCCN(C(=O)C(N)c2ccccc2)C1. The topological polar surface area (TPSA) is 72.6 Å². The van der Waals surface area contributed by atoms with Crippen molar-refractivity contribution in [2.75, 3.05) is 19.7 Å². The molecule has 5 nitrogen and oxygen atoms in total. The summed E-state index contributed by atoms with van der Waals surface area (Å²) in [5, 5.41) is 0. The summed E-state index contributed by atoms with van der Waals surface area (Å²) in [6, 6.07) is 8.62. The first-order valence-corrected chi connectivity index (χ1v) is 7.39. The van der Waals surface area contributed by atoms with Gasteiger partial charge in [0.25, 0.3) is 0 Å². The minimum atomic E-state index is -0.674. The summed E-state index contributed by atoms with van der Waals surface area (Å²) in [6.07, 6.45) is 1.57. The molecule has 5 heteroatoms. The highest BCUT2D eigenvalue weighted by Gasteiger charge is 2.31. The quantitative estimate of drug-likeness (QED) is 0.853. The predicted octanol–water partition coefficient (Wildman–Crippen LogP) is 1.49. The largest absolute Gasteiger partial charge is 0.466 e. The van der Waals surface area contributed by atoms with Crippen molar-refractivity contribution in [3.63, 3.8) is 0 Å². The van der Waals surface area contributed by atoms with Gasteiger partial charge in [0, 0.05) is 13.1 Å². The number of nitrogens with two attached hydrogens (primary N) is 1. The van der Waals surface area contributed by atoms with Crippen LogP contribution in [0.1, 0.15) is 31.4 Å². The summed E-state index contributed by atoms with van der Waals surface area (Å²) in [5.41, 5.74) is 6.83. The Kier molecular flexibility index (Phi) is 5.33. The second kappa shape index (κ2) is 7.22. The zero-order valence-electron chi connectivity index (χ0n) is 12.3. The molecule has 1 aromatic carbocycles. The van der Waals surface area contributed by atoms with E-state index in [1.807, 2.05) is 30.3 Å². The van der Waals surface area contributed by atoms with E-state index in [9.17, 15) is 9.59 Å². The average molecular weight is 290 g/mol. The van der Waals surface area contributed by atoms with Gasteiger partial charge < -0.3 is 15.4 Å². The molecule has 2 atom stereocenters. The Balaban J connectivity index is 2.00. The van der Waals surface area contributed by atoms with Gasteiger partial charge in [-0.3, -0.25) is 9.59 Å². The van der Waals surface area contributed by atoms with Gasteiger partial charge in [0.1, 0.15) is 6.04 Å². The molecule has 1 aromatic rings. The molecule has 2 N–H and O–H groups in total. The van der Waals surface area contributed by atoms with E-state index in [0.717, 1.165) is 18.4 Å². The molecule has 1 saturated heterocycles. The second-order valence-electron chi connectivity index (χ2n) is 5.26. The van der Waals surface area contributed by atoms with Crippen LogP contribution in [-0.2, 0) is 14.3 Å². The summed E-state index contributed by atoms with van der Waals surface area (Å²) in [6.45, 7) is 3.20. The third-order valence-corrected chi connectivity index (χ3v) is 3.78. The molecule has 0 saturated carbocycles. The Bertz CT molecular complexity index is 490. The number of rotatable bonds is 4. The zero-order valence-corrected chi connectivity index (χ0v) is 12.3. The van der Waals surface area contributed by atoms with E-state index >= 15 is 0 Å². The first-order chi connectivity index (χ1) is 10.1. The van der Waals surface area contributed by atoms with E-state index < -0.39 is 6.04 Å². The Labute approximate surface area is 125 Å². The highest BCUT2D eigenvalue weighted by atomic mass is 16.5. The van der Waals surface area contributed by atoms with Crippen molar-refractivity contribution >= 4 is 11.9 Å². The minimum absolute atomic E-state index is 0.129. The molecule has 2 unspecified atom stereocenters. The molecule has 2 rings (SSSR count). The van der Waals surface area contributed by atoms with Gasteiger partial charge >= 0.3 is 5.97 Å². The van der Waals surface area contributed by atoms with E-state index in [-0.39, 0.29) is 17.8 Å². The van der Waals surface area contributed by atoms with Gasteiger partial charge in [-0.1, -0.05) is 30.3 Å². The third kappa shape index (κ3) is 3.82. The van der Waals surface area contributed by atoms with E-state index in [0.29, 0.717) is 19.7 Å². The molecular weight excluding hydrogens is 268 g/mol. The highest BCUT2D eigenvalue weighted by Crippen LogP contribution is 2.21. The number of benzene rings is 1. The van der Waals surface area contributed by atoms with Crippen molar-refractivity contribution < 1.29 is 14.3 Å². The van der Waals surface area contributed by atoms with Gasteiger partial charge in [-0.2, -0.15) is 0 Å². The number of likely N-dealkylation sites (tertiary alicyclic amines) is 1. The first-order valence-electron chi connectivity index (χ1n) is 7.39. The van der Waals surface area contributed by atoms with Gasteiger partial charge in [-0.25, -0.2) is 0 Å². The van der Waals surface area contributed by atoms with Crippen LogP contribution in [0.2, 0.25) is 0 Å². The van der Waals surface area contributed by atoms with Crippen LogP contribution in [0.3, 0.4) is 0 Å². The number of amides is 1. The fraction of sp³-hybridized carbons (Fsp3) is 0.500. The van der Waals surface area contributed by atoms with Crippen LogP contribution in [-0.4, -0.2) is 36.5 Å². The van der Waals surface area contributed by atoms with Crippen LogP contribution in [0, 0.1) is 5.92 Å². The summed E-state index contributed by atoms with van der Waals surface area (Å²) in [7, 11) is 0. The lowest BCUT2D eigenvalue weighted by Crippen LogP contribution is -2.46. The Morgan fingerprint density at radius 3 is 2.76 bits per heavy atom. The molecule has 1 amide bonds. The summed E-state index contributed by atoms with van der Waals surface area (Å²) < 4.78 is 5.05. The molecule has 114 valence electrons. The fourth-order valence-electron chi connectivity index (χ4n) is 2.63. The number of esters is 1. The van der Waals surface area contributed by atoms with Crippen molar-refractivity contribution in [2.45, 2.75) is 25.8 Å². The van der Waals surface area contributed by atoms with Crippen LogP contribution in [0.15, 0.2) is 30.3 Å². The molecule has 21 heavy (non-hydrogen) atoms. The van der Waals surface area contributed by atoms with Crippen molar-refractivity contribution in [2.24, 2.45) is 11.7 Å². The lowest BCUT2D eigenvalue weighted by Gasteiger charge is -2.33. The minimum Gasteiger partial charge on any atom is -0.466 e. The van der Waals surface area contributed by atoms with E-state index in [1.165, 1.54) is 0 Å². The molecule has 1 aliphatic heterocycles. The number of nitrogens with zero attached hydrogens (tertiary/aromatic N) is 1. The smallest absolute Gasteiger partial charge is 0.310 e. The highest BCUT2D eigenvalue weighted by molar-refractivity contribution is 5.84. The number of ether oxygens (including phenoxy) is 1.